The maximum absolute atomic E-state index is 6.14. The zero-order chi connectivity index (χ0) is 30.0. The second-order valence-corrected chi connectivity index (χ2v) is 12.6. The number of H-pyrrole nitrogens is 1. The molecule has 4 atom stereocenters. The molecule has 4 aromatic heterocycles. The number of rotatable bonds is 6. The number of aromatic nitrogens is 5. The average molecular weight is 582 g/mol. The Morgan fingerprint density at radius 2 is 1.64 bits per heavy atom. The second-order valence-electron chi connectivity index (χ2n) is 12.6. The van der Waals surface area contributed by atoms with Gasteiger partial charge >= 0.3 is 0 Å². The number of fused-ring (bicyclic) bond motifs is 3. The Kier molecular flexibility index (Phi) is 6.17. The molecule has 3 N–H and O–H groups in total. The number of aromatic amines is 1. The van der Waals surface area contributed by atoms with Crippen LogP contribution in [0.2, 0.25) is 0 Å². The second kappa shape index (κ2) is 10.1. The monoisotopic (exact) mass is 581 g/mol. The van der Waals surface area contributed by atoms with Gasteiger partial charge < -0.3 is 20.4 Å². The summed E-state index contributed by atoms with van der Waals surface area (Å²) in [4.78, 5) is 22.1. The zero-order valence-corrected chi connectivity index (χ0v) is 25.3. The number of hydrogen-bond acceptors (Lipinski definition) is 7. The topological polar surface area (TPSA) is 101 Å². The van der Waals surface area contributed by atoms with E-state index >= 15 is 0 Å². The minimum Gasteiger partial charge on any atom is -0.375 e. The first kappa shape index (κ1) is 26.8. The number of nitrogens with zero attached hydrogens (tertiary/aromatic N) is 4. The molecule has 2 aromatic carbocycles. The third-order valence-electron chi connectivity index (χ3n) is 9.26. The van der Waals surface area contributed by atoms with E-state index in [1.165, 1.54) is 12.0 Å². The molecule has 1 aliphatic carbocycles. The molecule has 1 aliphatic heterocycles. The summed E-state index contributed by atoms with van der Waals surface area (Å²) in [5, 5.41) is 8.20. The number of aryl methyl sites for hydroxylation is 2. The number of anilines is 4. The lowest BCUT2D eigenvalue weighted by Crippen LogP contribution is -2.33. The minimum atomic E-state index is 0.220. The zero-order valence-electron chi connectivity index (χ0n) is 25.3. The molecule has 2 aliphatic rings. The highest BCUT2D eigenvalue weighted by molar-refractivity contribution is 5.94. The summed E-state index contributed by atoms with van der Waals surface area (Å²) in [5.41, 5.74) is 11.1. The third-order valence-corrected chi connectivity index (χ3v) is 9.26. The molecule has 44 heavy (non-hydrogen) atoms. The van der Waals surface area contributed by atoms with Gasteiger partial charge in [0.25, 0.3) is 0 Å². The number of ether oxygens (including phenoxy) is 1. The Morgan fingerprint density at radius 3 is 2.48 bits per heavy atom. The smallest absolute Gasteiger partial charge is 0.157 e. The van der Waals surface area contributed by atoms with E-state index in [1.54, 1.807) is 6.20 Å². The molecular weight excluding hydrogens is 546 g/mol. The highest BCUT2D eigenvalue weighted by Gasteiger charge is 2.61. The van der Waals surface area contributed by atoms with Crippen LogP contribution in [0.5, 0.6) is 0 Å². The van der Waals surface area contributed by atoms with Gasteiger partial charge in [-0.05, 0) is 113 Å². The van der Waals surface area contributed by atoms with Crippen molar-refractivity contribution in [2.75, 3.05) is 10.6 Å². The highest BCUT2D eigenvalue weighted by atomic mass is 16.5. The van der Waals surface area contributed by atoms with Gasteiger partial charge in [-0.2, -0.15) is 0 Å². The predicted molar refractivity (Wildman–Crippen MR) is 176 cm³/mol. The lowest BCUT2D eigenvalue weighted by Gasteiger charge is -2.32. The Hall–Kier alpha value is -4.82. The minimum absolute atomic E-state index is 0.220. The van der Waals surface area contributed by atoms with Crippen LogP contribution in [0.25, 0.3) is 33.5 Å². The van der Waals surface area contributed by atoms with Crippen molar-refractivity contribution in [3.63, 3.8) is 0 Å². The van der Waals surface area contributed by atoms with Crippen LogP contribution in [-0.2, 0) is 10.2 Å². The van der Waals surface area contributed by atoms with Gasteiger partial charge in [-0.25, -0.2) is 4.98 Å². The largest absolute Gasteiger partial charge is 0.375 e. The SMILES string of the molecule is Cc1cc(Nc2ccc3nc(-c4ccc(Nc5cc(C)nc6ccc([C@]78CC7[C@@H](C)O[C@@H](C)C8)cc56)cn4)[nH]c3c2)ccn1. The molecule has 220 valence electrons. The lowest BCUT2D eigenvalue weighted by molar-refractivity contribution is -0.0429. The summed E-state index contributed by atoms with van der Waals surface area (Å²) >= 11 is 0. The Morgan fingerprint density at radius 1 is 0.795 bits per heavy atom. The molecule has 8 rings (SSSR count). The summed E-state index contributed by atoms with van der Waals surface area (Å²) < 4.78 is 6.14. The number of pyridine rings is 3. The molecule has 0 amide bonds. The number of benzene rings is 2. The van der Waals surface area contributed by atoms with Crippen LogP contribution in [-0.4, -0.2) is 37.1 Å². The Labute approximate surface area is 256 Å². The third kappa shape index (κ3) is 4.75. The quantitative estimate of drug-likeness (QED) is 0.183. The highest BCUT2D eigenvalue weighted by Crippen LogP contribution is 2.62. The van der Waals surface area contributed by atoms with Gasteiger partial charge in [-0.1, -0.05) is 6.07 Å². The van der Waals surface area contributed by atoms with Gasteiger partial charge in [-0.3, -0.25) is 15.0 Å². The summed E-state index contributed by atoms with van der Waals surface area (Å²) in [6.07, 6.45) is 6.52. The van der Waals surface area contributed by atoms with Crippen molar-refractivity contribution >= 4 is 44.7 Å². The molecule has 6 aromatic rings. The van der Waals surface area contributed by atoms with Crippen molar-refractivity contribution in [1.29, 1.82) is 0 Å². The van der Waals surface area contributed by atoms with Crippen LogP contribution in [0.1, 0.15) is 43.6 Å². The fourth-order valence-electron chi connectivity index (χ4n) is 7.19. The molecule has 5 heterocycles. The Bertz CT molecular complexity index is 2040. The molecule has 8 heteroatoms. The first-order valence-corrected chi connectivity index (χ1v) is 15.3. The van der Waals surface area contributed by atoms with Gasteiger partial charge in [0, 0.05) is 45.4 Å². The van der Waals surface area contributed by atoms with Crippen molar-refractivity contribution in [3.05, 3.63) is 96.1 Å². The van der Waals surface area contributed by atoms with Crippen molar-refractivity contribution in [3.8, 4) is 11.5 Å². The molecule has 0 bridgehead atoms. The maximum atomic E-state index is 6.14. The molecule has 1 unspecified atom stereocenters. The van der Waals surface area contributed by atoms with Crippen LogP contribution >= 0.6 is 0 Å². The van der Waals surface area contributed by atoms with E-state index in [-0.39, 0.29) is 11.5 Å². The fraction of sp³-hybridized carbons (Fsp3) is 0.278. The van der Waals surface area contributed by atoms with Crippen molar-refractivity contribution in [2.24, 2.45) is 5.92 Å². The van der Waals surface area contributed by atoms with E-state index in [2.05, 4.69) is 70.8 Å². The number of hydrogen-bond donors (Lipinski definition) is 3. The van der Waals surface area contributed by atoms with E-state index in [4.69, 9.17) is 19.7 Å². The normalized spacial score (nSPS) is 22.6. The van der Waals surface area contributed by atoms with Gasteiger partial charge in [0.2, 0.25) is 0 Å². The van der Waals surface area contributed by atoms with E-state index in [0.717, 1.165) is 74.0 Å². The fourth-order valence-corrected chi connectivity index (χ4v) is 7.19. The summed E-state index contributed by atoms with van der Waals surface area (Å²) in [6.45, 7) is 8.45. The first-order valence-electron chi connectivity index (χ1n) is 15.3. The van der Waals surface area contributed by atoms with Crippen molar-refractivity contribution in [1.82, 2.24) is 24.9 Å². The van der Waals surface area contributed by atoms with Crippen molar-refractivity contribution in [2.45, 2.75) is 58.2 Å². The van der Waals surface area contributed by atoms with E-state index in [0.29, 0.717) is 12.0 Å². The van der Waals surface area contributed by atoms with Crippen LogP contribution in [0.15, 0.2) is 79.1 Å². The number of nitrogens with one attached hydrogen (secondary N) is 3. The van der Waals surface area contributed by atoms with Crippen LogP contribution in [0, 0.1) is 19.8 Å². The number of imidazole rings is 1. The molecule has 2 fully saturated rings. The molecule has 8 nitrogen and oxygen atoms in total. The molecule has 1 saturated heterocycles. The molecule has 0 radical (unpaired) electrons. The summed E-state index contributed by atoms with van der Waals surface area (Å²) in [6, 6.07) is 23.1. The van der Waals surface area contributed by atoms with Crippen LogP contribution < -0.4 is 10.6 Å². The van der Waals surface area contributed by atoms with Gasteiger partial charge in [-0.15, -0.1) is 0 Å². The van der Waals surface area contributed by atoms with Crippen LogP contribution in [0.3, 0.4) is 0 Å². The average Bonchev–Trinajstić information content (AvgIpc) is 3.60. The molecule has 1 saturated carbocycles. The van der Waals surface area contributed by atoms with Gasteiger partial charge in [0.05, 0.1) is 40.6 Å². The predicted octanol–water partition coefficient (Wildman–Crippen LogP) is 8.13. The van der Waals surface area contributed by atoms with Crippen molar-refractivity contribution < 1.29 is 4.74 Å². The van der Waals surface area contributed by atoms with Gasteiger partial charge in [0.1, 0.15) is 5.69 Å². The molecule has 0 spiro atoms. The first-order chi connectivity index (χ1) is 21.3. The van der Waals surface area contributed by atoms with Crippen LogP contribution in [0.4, 0.5) is 22.7 Å². The summed E-state index contributed by atoms with van der Waals surface area (Å²) in [7, 11) is 0. The van der Waals surface area contributed by atoms with Gasteiger partial charge in [0.15, 0.2) is 5.82 Å². The molecular formula is C36H35N7O. The summed E-state index contributed by atoms with van der Waals surface area (Å²) in [5.74, 6) is 1.32. The Balaban J connectivity index is 1.05. The standard InChI is InChI=1S/C36H35N7O/c1-20-13-26(11-12-37-20)40-25-6-9-31-34(16-25)43-35(42-31)32-10-7-27(19-38-32)41-33-14-21(2)39-30-8-5-24(15-28(30)33)36-17-22(3)44-23(4)29(36)18-36/h5-16,19,22-23,29H,17-18H2,1-4H3,(H,37,40)(H,39,41)(H,42,43)/t22-,23+,29?,36-/m0/s1. The lowest BCUT2D eigenvalue weighted by atomic mass is 9.84. The van der Waals surface area contributed by atoms with E-state index < -0.39 is 0 Å². The van der Waals surface area contributed by atoms with E-state index in [9.17, 15) is 0 Å². The maximum Gasteiger partial charge on any atom is 0.157 e. The van der Waals surface area contributed by atoms with E-state index in [1.807, 2.05) is 50.4 Å².